The van der Waals surface area contributed by atoms with E-state index in [1.807, 2.05) is 11.8 Å². The molecule has 0 bridgehead atoms. The third-order valence-corrected chi connectivity index (χ3v) is 4.95. The summed E-state index contributed by atoms with van der Waals surface area (Å²) in [6, 6.07) is 10.6. The van der Waals surface area contributed by atoms with Crippen molar-refractivity contribution in [2.75, 3.05) is 5.75 Å². The first-order chi connectivity index (χ1) is 12.4. The summed E-state index contributed by atoms with van der Waals surface area (Å²) < 4.78 is 134. The van der Waals surface area contributed by atoms with Gasteiger partial charge in [-0.3, -0.25) is 4.55 Å². The predicted molar refractivity (Wildman–Crippen MR) is 84.5 cm³/mol. The number of benzene rings is 1. The highest BCUT2D eigenvalue weighted by molar-refractivity contribution is 7.99. The summed E-state index contributed by atoms with van der Waals surface area (Å²) in [5.41, 5.74) is 0. The molecule has 28 heavy (non-hydrogen) atoms. The zero-order valence-corrected chi connectivity index (χ0v) is 15.6. The molecule has 0 spiro atoms. The monoisotopic (exact) mass is 466 g/mol. The van der Waals surface area contributed by atoms with Gasteiger partial charge < -0.3 is 0 Å². The number of halogens is 9. The van der Waals surface area contributed by atoms with Crippen molar-refractivity contribution in [3.63, 3.8) is 0 Å². The molecule has 1 rings (SSSR count). The van der Waals surface area contributed by atoms with Crippen LogP contribution >= 0.6 is 11.8 Å². The zero-order valence-electron chi connectivity index (χ0n) is 14.0. The van der Waals surface area contributed by atoms with Gasteiger partial charge in [0.15, 0.2) is 0 Å². The molecule has 0 heterocycles. The highest BCUT2D eigenvalue weighted by Crippen LogP contribution is 2.54. The van der Waals surface area contributed by atoms with Gasteiger partial charge in [-0.25, -0.2) is 0 Å². The lowest BCUT2D eigenvalue weighted by Crippen LogP contribution is -2.63. The summed E-state index contributed by atoms with van der Waals surface area (Å²) in [7, 11) is -7.17. The van der Waals surface area contributed by atoms with Crippen LogP contribution in [0.3, 0.4) is 0 Å². The number of thioether (sulfide) groups is 1. The Balaban J connectivity index is 0.000000567. The molecular formula is C14H15F9O3S2. The van der Waals surface area contributed by atoms with Crippen LogP contribution in [-0.2, 0) is 10.1 Å². The van der Waals surface area contributed by atoms with E-state index in [0.717, 1.165) is 0 Å². The van der Waals surface area contributed by atoms with Crippen molar-refractivity contribution >= 4 is 21.9 Å². The van der Waals surface area contributed by atoms with Gasteiger partial charge in [-0.1, -0.05) is 31.5 Å². The summed E-state index contributed by atoms with van der Waals surface area (Å²) in [6.45, 7) is 2.23. The van der Waals surface area contributed by atoms with Crippen molar-refractivity contribution in [1.82, 2.24) is 0 Å². The Kier molecular flexibility index (Phi) is 9.17. The Morgan fingerprint density at radius 2 is 1.36 bits per heavy atom. The summed E-state index contributed by atoms with van der Waals surface area (Å²) in [6.07, 6.45) is -4.52. The molecule has 0 aliphatic rings. The van der Waals surface area contributed by atoms with E-state index in [2.05, 4.69) is 37.3 Å². The quantitative estimate of drug-likeness (QED) is 0.236. The van der Waals surface area contributed by atoms with E-state index < -0.39 is 33.4 Å². The van der Waals surface area contributed by atoms with Gasteiger partial charge in [0.2, 0.25) is 0 Å². The molecule has 0 saturated carbocycles. The topological polar surface area (TPSA) is 54.4 Å². The fraction of sp³-hybridized carbons (Fsp3) is 0.571. The minimum Gasteiger partial charge on any atom is -0.281 e. The van der Waals surface area contributed by atoms with E-state index in [-0.39, 0.29) is 0 Å². The number of hydrogen-bond acceptors (Lipinski definition) is 3. The van der Waals surface area contributed by atoms with E-state index in [1.165, 1.54) is 23.5 Å². The average Bonchev–Trinajstić information content (AvgIpc) is 2.54. The predicted octanol–water partition coefficient (Wildman–Crippen LogP) is 5.88. The third-order valence-electron chi connectivity index (χ3n) is 2.95. The Bertz CT molecular complexity index is 705. The van der Waals surface area contributed by atoms with Crippen molar-refractivity contribution in [3.05, 3.63) is 30.3 Å². The number of rotatable bonds is 7. The van der Waals surface area contributed by atoms with Crippen LogP contribution < -0.4 is 0 Å². The van der Waals surface area contributed by atoms with E-state index in [1.54, 1.807) is 0 Å². The van der Waals surface area contributed by atoms with Gasteiger partial charge in [-0.2, -0.15) is 47.9 Å². The fourth-order valence-corrected chi connectivity index (χ4v) is 2.84. The SMILES string of the molecule is CCCCSc1ccccc1.O=S(=O)(O)C(F)(F)C(F)(F)C(F)(F)C(F)(F)F. The van der Waals surface area contributed by atoms with Crippen LogP contribution in [0.2, 0.25) is 0 Å². The van der Waals surface area contributed by atoms with Gasteiger partial charge in [0.1, 0.15) is 0 Å². The van der Waals surface area contributed by atoms with Gasteiger partial charge in [-0.15, -0.1) is 11.8 Å². The van der Waals surface area contributed by atoms with Crippen LogP contribution in [0, 0.1) is 0 Å². The van der Waals surface area contributed by atoms with Gasteiger partial charge in [0, 0.05) is 4.90 Å². The standard InChI is InChI=1S/C10H14S.C4HF9O3S/c1-2-3-9-11-10-7-5-4-6-8-10;5-1(6,3(9,10)11)2(7,8)4(12,13)17(14,15)16/h4-8H,2-3,9H2,1H3;(H,14,15,16). The Morgan fingerprint density at radius 1 is 0.893 bits per heavy atom. The summed E-state index contributed by atoms with van der Waals surface area (Å²) in [5, 5.41) is -7.00. The molecule has 0 radical (unpaired) electrons. The van der Waals surface area contributed by atoms with Crippen molar-refractivity contribution in [3.8, 4) is 0 Å². The molecule has 0 aromatic heterocycles. The molecule has 0 aliphatic carbocycles. The van der Waals surface area contributed by atoms with Gasteiger partial charge >= 0.3 is 33.4 Å². The van der Waals surface area contributed by atoms with Crippen LogP contribution in [0.5, 0.6) is 0 Å². The largest absolute Gasteiger partial charge is 0.460 e. The Morgan fingerprint density at radius 3 is 1.71 bits per heavy atom. The molecule has 0 fully saturated rings. The molecule has 0 aliphatic heterocycles. The van der Waals surface area contributed by atoms with Crippen LogP contribution in [0.1, 0.15) is 19.8 Å². The van der Waals surface area contributed by atoms with E-state index in [4.69, 9.17) is 4.55 Å². The highest BCUT2D eigenvalue weighted by Gasteiger charge is 2.85. The van der Waals surface area contributed by atoms with Crippen LogP contribution in [-0.4, -0.2) is 42.0 Å². The molecule has 1 aromatic rings. The van der Waals surface area contributed by atoms with Crippen molar-refractivity contribution in [2.24, 2.45) is 0 Å². The molecule has 1 aromatic carbocycles. The molecule has 0 amide bonds. The van der Waals surface area contributed by atoms with Gasteiger partial charge in [0.05, 0.1) is 0 Å². The second-order valence-electron chi connectivity index (χ2n) is 5.15. The minimum absolute atomic E-state index is 1.25. The van der Waals surface area contributed by atoms with Crippen LogP contribution in [0.25, 0.3) is 0 Å². The molecule has 0 unspecified atom stereocenters. The lowest BCUT2D eigenvalue weighted by atomic mass is 10.1. The van der Waals surface area contributed by atoms with Gasteiger partial charge in [0.25, 0.3) is 0 Å². The van der Waals surface area contributed by atoms with Crippen molar-refractivity contribution in [2.45, 2.75) is 47.9 Å². The zero-order chi connectivity index (χ0) is 22.4. The second kappa shape index (κ2) is 9.57. The van der Waals surface area contributed by atoms with E-state index >= 15 is 0 Å². The minimum atomic E-state index is -7.37. The first kappa shape index (κ1) is 26.9. The van der Waals surface area contributed by atoms with Gasteiger partial charge in [-0.05, 0) is 24.3 Å². The fourth-order valence-electron chi connectivity index (χ4n) is 1.37. The average molecular weight is 466 g/mol. The molecule has 14 heteroatoms. The molecule has 164 valence electrons. The maximum Gasteiger partial charge on any atom is 0.460 e. The van der Waals surface area contributed by atoms with Crippen molar-refractivity contribution < 1.29 is 52.5 Å². The Labute approximate surface area is 159 Å². The Hall–Kier alpha value is -1.15. The van der Waals surface area contributed by atoms with E-state index in [9.17, 15) is 47.9 Å². The molecule has 0 saturated heterocycles. The first-order valence-electron chi connectivity index (χ1n) is 7.28. The number of unbranched alkanes of at least 4 members (excludes halogenated alkanes) is 1. The molecule has 1 N–H and O–H groups in total. The smallest absolute Gasteiger partial charge is 0.281 e. The molecular weight excluding hydrogens is 451 g/mol. The highest BCUT2D eigenvalue weighted by atomic mass is 32.2. The van der Waals surface area contributed by atoms with E-state index in [0.29, 0.717) is 0 Å². The van der Waals surface area contributed by atoms with Crippen LogP contribution in [0.4, 0.5) is 39.5 Å². The molecule has 3 nitrogen and oxygen atoms in total. The lowest BCUT2D eigenvalue weighted by Gasteiger charge is -2.31. The second-order valence-corrected chi connectivity index (χ2v) is 7.78. The summed E-state index contributed by atoms with van der Waals surface area (Å²) in [5.74, 6) is -13.5. The summed E-state index contributed by atoms with van der Waals surface area (Å²) in [4.78, 5) is 1.39. The number of hydrogen-bond donors (Lipinski definition) is 1. The maximum absolute atomic E-state index is 12.2. The molecule has 0 atom stereocenters. The third kappa shape index (κ3) is 6.17. The normalized spacial score (nSPS) is 13.7. The lowest BCUT2D eigenvalue weighted by molar-refractivity contribution is -0.382. The van der Waals surface area contributed by atoms with Crippen molar-refractivity contribution in [1.29, 1.82) is 0 Å². The van der Waals surface area contributed by atoms with Crippen LogP contribution in [0.15, 0.2) is 35.2 Å². The summed E-state index contributed by atoms with van der Waals surface area (Å²) >= 11 is 1.94. The first-order valence-corrected chi connectivity index (χ1v) is 9.71. The maximum atomic E-state index is 12.2. The number of alkyl halides is 9.